The lowest BCUT2D eigenvalue weighted by atomic mass is 10.1. The van der Waals surface area contributed by atoms with Crippen molar-refractivity contribution in [2.75, 3.05) is 6.54 Å². The number of carbonyl (C=O) groups is 2. The number of benzene rings is 2. The van der Waals surface area contributed by atoms with E-state index in [9.17, 15) is 14.0 Å². The van der Waals surface area contributed by atoms with Crippen LogP contribution in [0.5, 0.6) is 0 Å². The van der Waals surface area contributed by atoms with Crippen LogP contribution in [0.4, 0.5) is 4.39 Å². The average molecular weight is 447 g/mol. The number of carbonyl (C=O) groups excluding carboxylic acids is 2. The minimum atomic E-state index is -0.478. The van der Waals surface area contributed by atoms with E-state index in [0.29, 0.717) is 40.0 Å². The quantitative estimate of drug-likeness (QED) is 0.645. The number of rotatable bonds is 5. The molecule has 3 aromatic rings. The fraction of sp³-hybridized carbons (Fsp3) is 0.190. The van der Waals surface area contributed by atoms with Gasteiger partial charge in [-0.2, -0.15) is 5.10 Å². The first kappa shape index (κ1) is 20.4. The van der Waals surface area contributed by atoms with Crippen LogP contribution in [0.2, 0.25) is 10.0 Å². The molecule has 30 heavy (non-hydrogen) atoms. The largest absolute Gasteiger partial charge is 0.346 e. The van der Waals surface area contributed by atoms with Gasteiger partial charge >= 0.3 is 0 Å². The molecule has 1 N–H and O–H groups in total. The number of aromatic nitrogens is 2. The molecule has 0 radical (unpaired) electrons. The summed E-state index contributed by atoms with van der Waals surface area (Å²) in [6, 6.07) is 12.8. The molecule has 9 heteroatoms. The van der Waals surface area contributed by atoms with Crippen LogP contribution >= 0.6 is 23.2 Å². The maximum Gasteiger partial charge on any atom is 0.272 e. The Morgan fingerprint density at radius 2 is 1.83 bits per heavy atom. The molecule has 0 saturated carbocycles. The van der Waals surface area contributed by atoms with E-state index in [2.05, 4.69) is 10.4 Å². The summed E-state index contributed by atoms with van der Waals surface area (Å²) in [5, 5.41) is 7.83. The second-order valence-electron chi connectivity index (χ2n) is 6.84. The minimum Gasteiger partial charge on any atom is -0.346 e. The zero-order valence-corrected chi connectivity index (χ0v) is 17.3. The molecule has 0 saturated heterocycles. The molecular formula is C21H17Cl2FN4O2. The van der Waals surface area contributed by atoms with Crippen molar-refractivity contribution in [2.45, 2.75) is 19.6 Å². The van der Waals surface area contributed by atoms with E-state index in [0.717, 1.165) is 0 Å². The van der Waals surface area contributed by atoms with Gasteiger partial charge in [-0.25, -0.2) is 4.39 Å². The summed E-state index contributed by atoms with van der Waals surface area (Å²) in [6.07, 6.45) is 0. The molecule has 2 heterocycles. The van der Waals surface area contributed by atoms with E-state index in [1.165, 1.54) is 16.8 Å². The van der Waals surface area contributed by atoms with Gasteiger partial charge in [-0.05, 0) is 18.2 Å². The SMILES string of the molecule is O=C(NCc1ccccc1F)c1cc2n(n1)CCN(Cc1c(Cl)cccc1Cl)C2=O. The Balaban J connectivity index is 1.47. The number of hydrogen-bond donors (Lipinski definition) is 1. The van der Waals surface area contributed by atoms with Crippen LogP contribution in [0.1, 0.15) is 32.1 Å². The molecule has 1 aromatic heterocycles. The molecule has 1 aliphatic heterocycles. The zero-order valence-electron chi connectivity index (χ0n) is 15.7. The zero-order chi connectivity index (χ0) is 21.3. The summed E-state index contributed by atoms with van der Waals surface area (Å²) in [6.45, 7) is 1.13. The van der Waals surface area contributed by atoms with Crippen LogP contribution in [0.3, 0.4) is 0 Å². The van der Waals surface area contributed by atoms with Gasteiger partial charge in [0.15, 0.2) is 5.69 Å². The fourth-order valence-electron chi connectivity index (χ4n) is 3.28. The molecule has 1 aliphatic rings. The first-order chi connectivity index (χ1) is 14.4. The molecule has 0 atom stereocenters. The van der Waals surface area contributed by atoms with Crippen LogP contribution < -0.4 is 5.32 Å². The molecule has 0 aliphatic carbocycles. The maximum absolute atomic E-state index is 13.7. The van der Waals surface area contributed by atoms with Crippen LogP contribution in [0.25, 0.3) is 0 Å². The third-order valence-corrected chi connectivity index (χ3v) is 5.62. The third-order valence-electron chi connectivity index (χ3n) is 4.91. The van der Waals surface area contributed by atoms with Gasteiger partial charge in [0, 0.05) is 46.9 Å². The summed E-state index contributed by atoms with van der Waals surface area (Å²) in [4.78, 5) is 27.0. The molecular weight excluding hydrogens is 430 g/mol. The summed E-state index contributed by atoms with van der Waals surface area (Å²) in [5.41, 5.74) is 1.45. The summed E-state index contributed by atoms with van der Waals surface area (Å²) >= 11 is 12.4. The van der Waals surface area contributed by atoms with E-state index >= 15 is 0 Å². The van der Waals surface area contributed by atoms with Crippen molar-refractivity contribution in [2.24, 2.45) is 0 Å². The lowest BCUT2D eigenvalue weighted by molar-refractivity contribution is 0.0683. The highest BCUT2D eigenvalue weighted by Crippen LogP contribution is 2.27. The number of hydrogen-bond acceptors (Lipinski definition) is 3. The molecule has 0 unspecified atom stereocenters. The smallest absolute Gasteiger partial charge is 0.272 e. The van der Waals surface area contributed by atoms with Crippen molar-refractivity contribution >= 4 is 35.0 Å². The Labute approximate surface area is 182 Å². The van der Waals surface area contributed by atoms with E-state index < -0.39 is 11.7 Å². The number of nitrogens with zero attached hydrogens (tertiary/aromatic N) is 3. The van der Waals surface area contributed by atoms with Gasteiger partial charge in [-0.1, -0.05) is 47.5 Å². The second-order valence-corrected chi connectivity index (χ2v) is 7.65. The maximum atomic E-state index is 13.7. The van der Waals surface area contributed by atoms with E-state index in [4.69, 9.17) is 23.2 Å². The standard InChI is InChI=1S/C21H17Cl2FN4O2/c22-15-5-3-6-16(23)14(15)12-27-8-9-28-19(21(27)30)10-18(26-28)20(29)25-11-13-4-1-2-7-17(13)24/h1-7,10H,8-9,11-12H2,(H,25,29). The Morgan fingerprint density at radius 1 is 1.10 bits per heavy atom. The second kappa shape index (κ2) is 8.45. The highest BCUT2D eigenvalue weighted by molar-refractivity contribution is 6.36. The summed E-state index contributed by atoms with van der Waals surface area (Å²) < 4.78 is 15.2. The van der Waals surface area contributed by atoms with Crippen molar-refractivity contribution < 1.29 is 14.0 Å². The van der Waals surface area contributed by atoms with Crippen molar-refractivity contribution in [1.82, 2.24) is 20.0 Å². The van der Waals surface area contributed by atoms with E-state index in [1.807, 2.05) is 0 Å². The number of amides is 2. The minimum absolute atomic E-state index is 0.0266. The number of halogens is 3. The van der Waals surface area contributed by atoms with Gasteiger partial charge in [0.2, 0.25) is 0 Å². The predicted octanol–water partition coefficient (Wildman–Crippen LogP) is 3.92. The van der Waals surface area contributed by atoms with E-state index in [1.54, 1.807) is 41.3 Å². The highest BCUT2D eigenvalue weighted by Gasteiger charge is 2.28. The molecule has 4 rings (SSSR count). The van der Waals surface area contributed by atoms with Gasteiger partial charge in [0.1, 0.15) is 11.5 Å². The predicted molar refractivity (Wildman–Crippen MR) is 111 cm³/mol. The average Bonchev–Trinajstić information content (AvgIpc) is 3.17. The van der Waals surface area contributed by atoms with Crippen LogP contribution in [-0.2, 0) is 19.6 Å². The molecule has 154 valence electrons. The summed E-state index contributed by atoms with van der Waals surface area (Å²) in [7, 11) is 0. The molecule has 0 bridgehead atoms. The van der Waals surface area contributed by atoms with Gasteiger partial charge in [-0.15, -0.1) is 0 Å². The molecule has 2 amide bonds. The monoisotopic (exact) mass is 446 g/mol. The van der Waals surface area contributed by atoms with Gasteiger partial charge in [0.25, 0.3) is 11.8 Å². The fourth-order valence-corrected chi connectivity index (χ4v) is 3.80. The van der Waals surface area contributed by atoms with Gasteiger partial charge < -0.3 is 10.2 Å². The lowest BCUT2D eigenvalue weighted by Gasteiger charge is -2.28. The summed E-state index contributed by atoms with van der Waals surface area (Å²) in [5.74, 6) is -1.14. The number of fused-ring (bicyclic) bond motifs is 1. The first-order valence-electron chi connectivity index (χ1n) is 9.25. The Morgan fingerprint density at radius 3 is 2.57 bits per heavy atom. The van der Waals surface area contributed by atoms with Gasteiger partial charge in [-0.3, -0.25) is 14.3 Å². The van der Waals surface area contributed by atoms with Crippen molar-refractivity contribution in [1.29, 1.82) is 0 Å². The van der Waals surface area contributed by atoms with Crippen molar-refractivity contribution in [3.63, 3.8) is 0 Å². The molecule has 0 spiro atoms. The topological polar surface area (TPSA) is 67.2 Å². The van der Waals surface area contributed by atoms with Crippen molar-refractivity contribution in [3.8, 4) is 0 Å². The Kier molecular flexibility index (Phi) is 5.74. The normalized spacial score (nSPS) is 13.3. The molecule has 0 fully saturated rings. The van der Waals surface area contributed by atoms with Crippen molar-refractivity contribution in [3.05, 3.63) is 86.9 Å². The van der Waals surface area contributed by atoms with Crippen LogP contribution in [0, 0.1) is 5.82 Å². The third kappa shape index (κ3) is 4.04. The van der Waals surface area contributed by atoms with E-state index in [-0.39, 0.29) is 24.7 Å². The molecule has 2 aromatic carbocycles. The first-order valence-corrected chi connectivity index (χ1v) is 10.0. The lowest BCUT2D eigenvalue weighted by Crippen LogP contribution is -2.39. The Bertz CT molecular complexity index is 1110. The molecule has 6 nitrogen and oxygen atoms in total. The van der Waals surface area contributed by atoms with Crippen LogP contribution in [0.15, 0.2) is 48.5 Å². The Hall–Kier alpha value is -2.90. The number of nitrogens with one attached hydrogen (secondary N) is 1. The van der Waals surface area contributed by atoms with Crippen LogP contribution in [-0.4, -0.2) is 33.0 Å². The van der Waals surface area contributed by atoms with Gasteiger partial charge in [0.05, 0.1) is 6.54 Å². The highest BCUT2D eigenvalue weighted by atomic mass is 35.5.